The third-order valence-electron chi connectivity index (χ3n) is 3.55. The van der Waals surface area contributed by atoms with Crippen molar-refractivity contribution in [3.8, 4) is 0 Å². The second kappa shape index (κ2) is 4.86. The van der Waals surface area contributed by atoms with Gasteiger partial charge in [-0.3, -0.25) is 9.59 Å². The van der Waals surface area contributed by atoms with Gasteiger partial charge < -0.3 is 0 Å². The third kappa shape index (κ3) is 2.33. The first-order chi connectivity index (χ1) is 8.11. The summed E-state index contributed by atoms with van der Waals surface area (Å²) in [5, 5.41) is 0. The van der Waals surface area contributed by atoms with Crippen LogP contribution in [0.25, 0.3) is 0 Å². The number of nitrogens with zero attached hydrogens (tertiary/aromatic N) is 1. The van der Waals surface area contributed by atoms with Crippen LogP contribution in [0, 0.1) is 5.92 Å². The number of amides is 2. The molecule has 0 aromatic heterocycles. The fourth-order valence-corrected chi connectivity index (χ4v) is 2.83. The smallest absolute Gasteiger partial charge is 0.257 e. The molecule has 0 saturated heterocycles. The van der Waals surface area contributed by atoms with Crippen molar-refractivity contribution in [3.63, 3.8) is 0 Å². The summed E-state index contributed by atoms with van der Waals surface area (Å²) in [6.45, 7) is 3.98. The molecule has 1 aliphatic heterocycles. The molecule has 1 aliphatic carbocycles. The van der Waals surface area contributed by atoms with Crippen LogP contribution in [-0.4, -0.2) is 16.7 Å². The van der Waals surface area contributed by atoms with Crippen molar-refractivity contribution in [1.82, 2.24) is 4.90 Å². The lowest BCUT2D eigenvalue weighted by Gasteiger charge is -2.30. The Labute approximate surface area is 102 Å². The number of allylic oxidation sites excluding steroid dienone is 2. The molecule has 0 atom stereocenters. The number of hydrogen-bond acceptors (Lipinski definition) is 2. The number of carbonyl (C=O) groups is 2. The SMILES string of the molecule is CC(C)=C(C1CCCCC1)N1C(=O)C=CC1=O. The normalized spacial score (nSPS) is 21.2. The zero-order chi connectivity index (χ0) is 12.4. The molecule has 0 bridgehead atoms. The predicted octanol–water partition coefficient (Wildman–Crippen LogP) is 2.79. The maximum Gasteiger partial charge on any atom is 0.257 e. The van der Waals surface area contributed by atoms with Crippen molar-refractivity contribution in [3.05, 3.63) is 23.4 Å². The van der Waals surface area contributed by atoms with Crippen molar-refractivity contribution < 1.29 is 9.59 Å². The average Bonchev–Trinajstić information content (AvgIpc) is 2.62. The van der Waals surface area contributed by atoms with Crippen molar-refractivity contribution in [2.45, 2.75) is 46.0 Å². The van der Waals surface area contributed by atoms with E-state index >= 15 is 0 Å². The summed E-state index contributed by atoms with van der Waals surface area (Å²) in [7, 11) is 0. The molecule has 2 aliphatic rings. The summed E-state index contributed by atoms with van der Waals surface area (Å²) in [5.41, 5.74) is 2.03. The lowest BCUT2D eigenvalue weighted by atomic mass is 9.85. The Hall–Kier alpha value is -1.38. The lowest BCUT2D eigenvalue weighted by Crippen LogP contribution is -2.34. The zero-order valence-electron chi connectivity index (χ0n) is 10.5. The van der Waals surface area contributed by atoms with Gasteiger partial charge in [-0.15, -0.1) is 0 Å². The first kappa shape index (κ1) is 12.1. The Morgan fingerprint density at radius 1 is 1.06 bits per heavy atom. The standard InChI is InChI=1S/C14H19NO2/c1-10(2)14(11-6-4-3-5-7-11)15-12(16)8-9-13(15)17/h8-9,11H,3-7H2,1-2H3. The first-order valence-electron chi connectivity index (χ1n) is 6.34. The number of imide groups is 1. The Kier molecular flexibility index (Phi) is 3.46. The van der Waals surface area contributed by atoms with Gasteiger partial charge in [-0.25, -0.2) is 4.90 Å². The van der Waals surface area contributed by atoms with Crippen LogP contribution < -0.4 is 0 Å². The molecule has 1 heterocycles. The Morgan fingerprint density at radius 2 is 1.59 bits per heavy atom. The van der Waals surface area contributed by atoms with Crippen LogP contribution in [0.4, 0.5) is 0 Å². The molecule has 1 saturated carbocycles. The van der Waals surface area contributed by atoms with Crippen molar-refractivity contribution in [2.75, 3.05) is 0 Å². The molecular weight excluding hydrogens is 214 g/mol. The summed E-state index contributed by atoms with van der Waals surface area (Å²) >= 11 is 0. The molecule has 17 heavy (non-hydrogen) atoms. The monoisotopic (exact) mass is 233 g/mol. The van der Waals surface area contributed by atoms with Gasteiger partial charge in [0.15, 0.2) is 0 Å². The summed E-state index contributed by atoms with van der Waals surface area (Å²) in [4.78, 5) is 24.9. The van der Waals surface area contributed by atoms with Gasteiger partial charge in [0.1, 0.15) is 0 Å². The lowest BCUT2D eigenvalue weighted by molar-refractivity contribution is -0.135. The van der Waals surface area contributed by atoms with Crippen molar-refractivity contribution in [2.24, 2.45) is 5.92 Å². The summed E-state index contributed by atoms with van der Waals surface area (Å²) in [5.74, 6) is 0.00935. The second-order valence-corrected chi connectivity index (χ2v) is 5.07. The maximum atomic E-state index is 11.8. The van der Waals surface area contributed by atoms with E-state index in [1.54, 1.807) is 0 Å². The molecule has 2 rings (SSSR count). The van der Waals surface area contributed by atoms with Gasteiger partial charge in [-0.2, -0.15) is 0 Å². The molecule has 0 unspecified atom stereocenters. The van der Waals surface area contributed by atoms with Crippen LogP contribution >= 0.6 is 0 Å². The minimum atomic E-state index is -0.184. The molecule has 0 radical (unpaired) electrons. The van der Waals surface area contributed by atoms with Crippen LogP contribution in [0.2, 0.25) is 0 Å². The van der Waals surface area contributed by atoms with E-state index in [0.717, 1.165) is 24.1 Å². The quantitative estimate of drug-likeness (QED) is 0.688. The van der Waals surface area contributed by atoms with Crippen LogP contribution in [0.3, 0.4) is 0 Å². The highest BCUT2D eigenvalue weighted by Crippen LogP contribution is 2.34. The summed E-state index contributed by atoms with van der Waals surface area (Å²) in [6.07, 6.45) is 8.60. The predicted molar refractivity (Wildman–Crippen MR) is 65.9 cm³/mol. The van der Waals surface area contributed by atoms with E-state index in [9.17, 15) is 9.59 Å². The Bertz CT molecular complexity index is 378. The van der Waals surface area contributed by atoms with E-state index in [4.69, 9.17) is 0 Å². The molecule has 1 fully saturated rings. The van der Waals surface area contributed by atoms with E-state index in [-0.39, 0.29) is 11.8 Å². The Morgan fingerprint density at radius 3 is 2.06 bits per heavy atom. The molecule has 3 nitrogen and oxygen atoms in total. The molecule has 0 N–H and O–H groups in total. The molecule has 2 amide bonds. The highest BCUT2D eigenvalue weighted by atomic mass is 16.2. The highest BCUT2D eigenvalue weighted by molar-refractivity contribution is 6.14. The minimum absolute atomic E-state index is 0.184. The van der Waals surface area contributed by atoms with E-state index in [1.165, 1.54) is 36.3 Å². The van der Waals surface area contributed by atoms with Gasteiger partial charge in [-0.05, 0) is 32.6 Å². The van der Waals surface area contributed by atoms with Gasteiger partial charge >= 0.3 is 0 Å². The highest BCUT2D eigenvalue weighted by Gasteiger charge is 2.32. The van der Waals surface area contributed by atoms with Gasteiger partial charge in [0.2, 0.25) is 0 Å². The Balaban J connectivity index is 2.27. The number of hydrogen-bond donors (Lipinski definition) is 0. The van der Waals surface area contributed by atoms with E-state index in [0.29, 0.717) is 5.92 Å². The van der Waals surface area contributed by atoms with Crippen molar-refractivity contribution in [1.29, 1.82) is 0 Å². The molecule has 0 spiro atoms. The molecule has 0 aromatic carbocycles. The van der Waals surface area contributed by atoms with E-state index < -0.39 is 0 Å². The average molecular weight is 233 g/mol. The third-order valence-corrected chi connectivity index (χ3v) is 3.55. The largest absolute Gasteiger partial charge is 0.269 e. The fourth-order valence-electron chi connectivity index (χ4n) is 2.83. The number of carbonyl (C=O) groups excluding carboxylic acids is 2. The van der Waals surface area contributed by atoms with Gasteiger partial charge in [0, 0.05) is 17.8 Å². The molecule has 92 valence electrons. The first-order valence-corrected chi connectivity index (χ1v) is 6.34. The topological polar surface area (TPSA) is 37.4 Å². The van der Waals surface area contributed by atoms with E-state index in [2.05, 4.69) is 0 Å². The molecule has 0 aromatic rings. The minimum Gasteiger partial charge on any atom is -0.269 e. The molecular formula is C14H19NO2. The van der Waals surface area contributed by atoms with Gasteiger partial charge in [0.25, 0.3) is 11.8 Å². The van der Waals surface area contributed by atoms with Crippen molar-refractivity contribution >= 4 is 11.8 Å². The van der Waals surface area contributed by atoms with Crippen LogP contribution in [-0.2, 0) is 9.59 Å². The summed E-state index contributed by atoms with van der Waals surface area (Å²) in [6, 6.07) is 0. The van der Waals surface area contributed by atoms with Crippen LogP contribution in [0.1, 0.15) is 46.0 Å². The maximum absolute atomic E-state index is 11.8. The second-order valence-electron chi connectivity index (χ2n) is 5.07. The van der Waals surface area contributed by atoms with Crippen LogP contribution in [0.5, 0.6) is 0 Å². The summed E-state index contributed by atoms with van der Waals surface area (Å²) < 4.78 is 0. The van der Waals surface area contributed by atoms with Gasteiger partial charge in [0.05, 0.1) is 0 Å². The fraction of sp³-hybridized carbons (Fsp3) is 0.571. The van der Waals surface area contributed by atoms with E-state index in [1.807, 2.05) is 13.8 Å². The zero-order valence-corrected chi connectivity index (χ0v) is 10.5. The molecule has 3 heteroatoms. The number of rotatable bonds is 2. The van der Waals surface area contributed by atoms with Gasteiger partial charge in [-0.1, -0.05) is 24.8 Å². The van der Waals surface area contributed by atoms with Crippen LogP contribution in [0.15, 0.2) is 23.4 Å².